The third-order valence-corrected chi connectivity index (χ3v) is 1.72. The fourth-order valence-corrected chi connectivity index (χ4v) is 1.13. The van der Waals surface area contributed by atoms with Gasteiger partial charge in [0.25, 0.3) is 0 Å². The summed E-state index contributed by atoms with van der Waals surface area (Å²) in [6, 6.07) is 6.99. The molecule has 0 atom stereocenters. The zero-order valence-corrected chi connectivity index (χ0v) is 7.26. The minimum Gasteiger partial charge on any atom is -0.281 e. The van der Waals surface area contributed by atoms with Crippen LogP contribution in [0.25, 0.3) is 0 Å². The smallest absolute Gasteiger partial charge is 0.229 e. The summed E-state index contributed by atoms with van der Waals surface area (Å²) in [5.41, 5.74) is 1.16. The topological polar surface area (TPSA) is 17.1 Å². The van der Waals surface area contributed by atoms with E-state index in [1.54, 1.807) is 24.3 Å². The normalized spacial score (nSPS) is 8.73. The second-order valence-electron chi connectivity index (χ2n) is 1.96. The molecule has 11 heavy (non-hydrogen) atoms. The van der Waals surface area contributed by atoms with Crippen molar-refractivity contribution in [3.8, 4) is 12.3 Å². The lowest BCUT2D eigenvalue weighted by atomic mass is 10.1. The predicted molar refractivity (Wildman–Crippen MR) is 47.6 cm³/mol. The maximum absolute atomic E-state index is 10.8. The Morgan fingerprint density at radius 1 is 1.45 bits per heavy atom. The van der Waals surface area contributed by atoms with Gasteiger partial charge >= 0.3 is 0 Å². The molecule has 1 aromatic rings. The van der Waals surface area contributed by atoms with Crippen molar-refractivity contribution in [3.05, 3.63) is 35.4 Å². The Morgan fingerprint density at radius 2 is 2.09 bits per heavy atom. The zero-order valence-electron chi connectivity index (χ0n) is 5.67. The Balaban J connectivity index is 3.26. The van der Waals surface area contributed by atoms with Gasteiger partial charge in [-0.15, -0.1) is 6.42 Å². The molecule has 0 aliphatic carbocycles. The summed E-state index contributed by atoms with van der Waals surface area (Å²) in [5.74, 6) is 2.43. The summed E-state index contributed by atoms with van der Waals surface area (Å²) in [4.78, 5) is 10.8. The Kier molecular flexibility index (Phi) is 2.45. The molecule has 0 heterocycles. The average molecular weight is 209 g/mol. The number of rotatable bonds is 1. The van der Waals surface area contributed by atoms with Crippen LogP contribution in [0, 0.1) is 12.3 Å². The predicted octanol–water partition coefficient (Wildman–Crippen LogP) is 2.20. The van der Waals surface area contributed by atoms with Crippen LogP contribution in [0.2, 0.25) is 0 Å². The monoisotopic (exact) mass is 208 g/mol. The number of hydrogen-bond donors (Lipinski definition) is 0. The van der Waals surface area contributed by atoms with Gasteiger partial charge in [-0.2, -0.15) is 0 Å². The number of benzene rings is 1. The molecular weight excluding hydrogens is 204 g/mol. The van der Waals surface area contributed by atoms with E-state index in [-0.39, 0.29) is 4.69 Å². The highest BCUT2D eigenvalue weighted by Crippen LogP contribution is 2.10. The molecule has 0 amide bonds. The summed E-state index contributed by atoms with van der Waals surface area (Å²) in [7, 11) is 0. The van der Waals surface area contributed by atoms with Crippen molar-refractivity contribution in [1.29, 1.82) is 0 Å². The van der Waals surface area contributed by atoms with Crippen LogP contribution in [0.3, 0.4) is 0 Å². The van der Waals surface area contributed by atoms with Crippen LogP contribution in [0.4, 0.5) is 0 Å². The summed E-state index contributed by atoms with van der Waals surface area (Å²) < 4.78 is -0.175. The van der Waals surface area contributed by atoms with Crippen LogP contribution < -0.4 is 0 Å². The maximum atomic E-state index is 10.8. The van der Waals surface area contributed by atoms with Gasteiger partial charge < -0.3 is 0 Å². The molecule has 1 rings (SSSR count). The van der Waals surface area contributed by atoms with Gasteiger partial charge in [0.2, 0.25) is 4.69 Å². The molecule has 0 unspecified atom stereocenters. The molecule has 0 radical (unpaired) electrons. The molecular formula is C9H5BrO. The van der Waals surface area contributed by atoms with E-state index in [9.17, 15) is 4.79 Å². The van der Waals surface area contributed by atoms with E-state index in [4.69, 9.17) is 6.42 Å². The van der Waals surface area contributed by atoms with Crippen LogP contribution in [0.1, 0.15) is 15.9 Å². The Hall–Kier alpha value is -1.07. The first-order chi connectivity index (χ1) is 5.25. The Bertz CT molecular complexity index is 323. The molecule has 1 nitrogen and oxygen atoms in total. The van der Waals surface area contributed by atoms with E-state index in [1.165, 1.54) is 0 Å². The van der Waals surface area contributed by atoms with Crippen LogP contribution in [-0.4, -0.2) is 4.69 Å². The fourth-order valence-electron chi connectivity index (χ4n) is 0.780. The largest absolute Gasteiger partial charge is 0.281 e. The van der Waals surface area contributed by atoms with Gasteiger partial charge in [0, 0.05) is 11.1 Å². The first-order valence-electron chi connectivity index (χ1n) is 3.01. The lowest BCUT2D eigenvalue weighted by molar-refractivity contribution is 0.109. The lowest BCUT2D eigenvalue weighted by Gasteiger charge is -1.95. The van der Waals surface area contributed by atoms with E-state index in [0.717, 1.165) is 0 Å². The van der Waals surface area contributed by atoms with Crippen molar-refractivity contribution in [3.63, 3.8) is 0 Å². The number of hydrogen-bond acceptors (Lipinski definition) is 1. The van der Waals surface area contributed by atoms with Gasteiger partial charge in [0.15, 0.2) is 0 Å². The minimum atomic E-state index is -0.175. The quantitative estimate of drug-likeness (QED) is 0.511. The molecule has 2 heteroatoms. The van der Waals surface area contributed by atoms with Crippen LogP contribution in [-0.2, 0) is 0 Å². The van der Waals surface area contributed by atoms with Gasteiger partial charge in [-0.25, -0.2) is 0 Å². The second-order valence-corrected chi connectivity index (χ2v) is 2.68. The van der Waals surface area contributed by atoms with E-state index < -0.39 is 0 Å². The molecule has 1 aromatic carbocycles. The van der Waals surface area contributed by atoms with Crippen molar-refractivity contribution < 1.29 is 4.79 Å². The maximum Gasteiger partial charge on any atom is 0.229 e. The van der Waals surface area contributed by atoms with Crippen molar-refractivity contribution in [2.75, 3.05) is 0 Å². The number of terminal acetylenes is 1. The number of carbonyl (C=O) groups is 1. The molecule has 0 aromatic heterocycles. The van der Waals surface area contributed by atoms with Gasteiger partial charge in [0.1, 0.15) is 0 Å². The van der Waals surface area contributed by atoms with Crippen LogP contribution in [0.5, 0.6) is 0 Å². The molecule has 0 aliphatic heterocycles. The van der Waals surface area contributed by atoms with Gasteiger partial charge in [-0.1, -0.05) is 18.1 Å². The second kappa shape index (κ2) is 3.36. The molecule has 0 aliphatic rings. The fraction of sp³-hybridized carbons (Fsp3) is 0. The summed E-state index contributed by atoms with van der Waals surface area (Å²) in [5, 5.41) is 0. The van der Waals surface area contributed by atoms with Crippen molar-refractivity contribution in [2.45, 2.75) is 0 Å². The van der Waals surface area contributed by atoms with Crippen molar-refractivity contribution >= 4 is 20.6 Å². The van der Waals surface area contributed by atoms with E-state index >= 15 is 0 Å². The number of carbonyl (C=O) groups excluding carboxylic acids is 1. The molecule has 0 saturated heterocycles. The van der Waals surface area contributed by atoms with Crippen molar-refractivity contribution in [1.82, 2.24) is 0 Å². The van der Waals surface area contributed by atoms with Crippen LogP contribution >= 0.6 is 15.9 Å². The highest BCUT2D eigenvalue weighted by Gasteiger charge is 2.03. The summed E-state index contributed by atoms with van der Waals surface area (Å²) >= 11 is 2.84. The van der Waals surface area contributed by atoms with E-state index in [2.05, 4.69) is 21.9 Å². The van der Waals surface area contributed by atoms with Gasteiger partial charge in [-0.3, -0.25) is 4.79 Å². The molecule has 0 spiro atoms. The highest BCUT2D eigenvalue weighted by atomic mass is 79.9. The lowest BCUT2D eigenvalue weighted by Crippen LogP contribution is -1.91. The van der Waals surface area contributed by atoms with Gasteiger partial charge in [0.05, 0.1) is 0 Å². The molecule has 0 saturated carbocycles. The Morgan fingerprint density at radius 3 is 2.55 bits per heavy atom. The summed E-state index contributed by atoms with van der Waals surface area (Å²) in [6.07, 6.45) is 5.17. The van der Waals surface area contributed by atoms with Crippen LogP contribution in [0.15, 0.2) is 24.3 Å². The van der Waals surface area contributed by atoms with E-state index in [1.807, 2.05) is 0 Å². The Labute approximate surface area is 73.6 Å². The molecule has 0 N–H and O–H groups in total. The van der Waals surface area contributed by atoms with Crippen molar-refractivity contribution in [2.24, 2.45) is 0 Å². The zero-order chi connectivity index (χ0) is 8.27. The first-order valence-corrected chi connectivity index (χ1v) is 3.80. The number of halogens is 1. The molecule has 0 fully saturated rings. The standard InChI is InChI=1S/C9H5BrO/c1-2-7-5-3-4-6-8(7)9(10)11/h1,3-6H. The third kappa shape index (κ3) is 1.69. The summed E-state index contributed by atoms with van der Waals surface area (Å²) in [6.45, 7) is 0. The molecule has 54 valence electrons. The van der Waals surface area contributed by atoms with Gasteiger partial charge in [-0.05, 0) is 28.1 Å². The molecule has 0 bridgehead atoms. The first kappa shape index (κ1) is 8.03. The SMILES string of the molecule is C#Cc1ccccc1C(=O)Br. The minimum absolute atomic E-state index is 0.175. The average Bonchev–Trinajstić information content (AvgIpc) is 2.04. The third-order valence-electron chi connectivity index (χ3n) is 1.29. The van der Waals surface area contributed by atoms with E-state index in [0.29, 0.717) is 11.1 Å². The highest BCUT2D eigenvalue weighted by molar-refractivity contribution is 9.18.